The molecule has 0 radical (unpaired) electrons. The van der Waals surface area contributed by atoms with E-state index in [1.54, 1.807) is 0 Å². The largest absolute Gasteiger partial charge is 0.351 e. The number of carbonyl (C=O) groups excluding carboxylic acids is 1. The van der Waals surface area contributed by atoms with Crippen LogP contribution in [0.4, 0.5) is 0 Å². The Bertz CT molecular complexity index is 654. The molecule has 0 spiro atoms. The first kappa shape index (κ1) is 15.6. The maximum Gasteiger partial charge on any atom is 0.243 e. The summed E-state index contributed by atoms with van der Waals surface area (Å²) in [4.78, 5) is 13.6. The summed E-state index contributed by atoms with van der Waals surface area (Å²) in [6.45, 7) is 4.58. The van der Waals surface area contributed by atoms with Crippen molar-refractivity contribution in [2.75, 3.05) is 0 Å². The first-order chi connectivity index (χ1) is 11.1. The van der Waals surface area contributed by atoms with Crippen molar-refractivity contribution in [1.29, 1.82) is 0 Å². The van der Waals surface area contributed by atoms with Crippen molar-refractivity contribution in [2.45, 2.75) is 45.7 Å². The number of amides is 1. The van der Waals surface area contributed by atoms with Crippen LogP contribution >= 0.6 is 0 Å². The third-order valence-electron chi connectivity index (χ3n) is 4.82. The highest BCUT2D eigenvalue weighted by molar-refractivity contribution is 5.75. The molecule has 1 fully saturated rings. The minimum Gasteiger partial charge on any atom is -0.351 e. The summed E-state index contributed by atoms with van der Waals surface area (Å²) < 4.78 is 0. The molecule has 1 heterocycles. The van der Waals surface area contributed by atoms with E-state index in [1.807, 2.05) is 30.3 Å². The van der Waals surface area contributed by atoms with E-state index in [4.69, 9.17) is 0 Å². The number of hydrogen-bond acceptors (Lipinski definition) is 4. The Morgan fingerprint density at radius 1 is 1.26 bits per heavy atom. The second-order valence-electron chi connectivity index (χ2n) is 6.45. The van der Waals surface area contributed by atoms with Gasteiger partial charge in [-0.25, -0.2) is 0 Å². The summed E-state index contributed by atoms with van der Waals surface area (Å²) in [6.07, 6.45) is 3.48. The topological polar surface area (TPSA) is 72.7 Å². The van der Waals surface area contributed by atoms with Gasteiger partial charge in [-0.2, -0.15) is 4.80 Å². The normalized spacial score (nSPS) is 24.3. The van der Waals surface area contributed by atoms with Crippen molar-refractivity contribution in [1.82, 2.24) is 25.5 Å². The molecule has 6 heteroatoms. The zero-order chi connectivity index (χ0) is 16.2. The smallest absolute Gasteiger partial charge is 0.243 e. The molecule has 1 aromatic carbocycles. The molecule has 3 rings (SSSR count). The Labute approximate surface area is 136 Å². The average Bonchev–Trinajstić information content (AvgIpc) is 3.01. The van der Waals surface area contributed by atoms with Crippen LogP contribution in [0.1, 0.15) is 33.1 Å². The Morgan fingerprint density at radius 2 is 2.04 bits per heavy atom. The summed E-state index contributed by atoms with van der Waals surface area (Å²) in [5.74, 6) is 1.66. The van der Waals surface area contributed by atoms with Crippen molar-refractivity contribution in [3.05, 3.63) is 30.3 Å². The van der Waals surface area contributed by atoms with Crippen molar-refractivity contribution in [2.24, 2.45) is 11.8 Å². The van der Waals surface area contributed by atoms with Gasteiger partial charge in [-0.15, -0.1) is 10.2 Å². The van der Waals surface area contributed by atoms with Crippen LogP contribution in [0.25, 0.3) is 11.4 Å². The molecule has 6 nitrogen and oxygen atoms in total. The fraction of sp³-hybridized carbons (Fsp3) is 0.529. The van der Waals surface area contributed by atoms with Gasteiger partial charge in [0.25, 0.3) is 0 Å². The summed E-state index contributed by atoms with van der Waals surface area (Å²) in [6, 6.07) is 9.89. The summed E-state index contributed by atoms with van der Waals surface area (Å²) in [7, 11) is 0. The van der Waals surface area contributed by atoms with Crippen LogP contribution in [0.2, 0.25) is 0 Å². The van der Waals surface area contributed by atoms with Crippen LogP contribution in [-0.4, -0.2) is 32.2 Å². The summed E-state index contributed by atoms with van der Waals surface area (Å²) in [5, 5.41) is 15.4. The first-order valence-electron chi connectivity index (χ1n) is 8.26. The van der Waals surface area contributed by atoms with Crippen LogP contribution in [0.15, 0.2) is 30.3 Å². The number of aromatic nitrogens is 4. The average molecular weight is 313 g/mol. The van der Waals surface area contributed by atoms with Gasteiger partial charge in [0.2, 0.25) is 11.7 Å². The van der Waals surface area contributed by atoms with Gasteiger partial charge < -0.3 is 5.32 Å². The molecule has 122 valence electrons. The Hall–Kier alpha value is -2.24. The van der Waals surface area contributed by atoms with E-state index in [0.717, 1.165) is 12.0 Å². The summed E-state index contributed by atoms with van der Waals surface area (Å²) >= 11 is 0. The minimum absolute atomic E-state index is 0.0482. The maximum absolute atomic E-state index is 12.2. The standard InChI is InChI=1S/C17H23N5O/c1-12-7-6-10-15(13(12)2)18-16(23)11-22-20-17(19-21-22)14-8-4-3-5-9-14/h3-5,8-9,12-13,15H,6-7,10-11H2,1-2H3,(H,18,23)/t12-,13+,15-/m1/s1. The Morgan fingerprint density at radius 3 is 2.83 bits per heavy atom. The zero-order valence-electron chi connectivity index (χ0n) is 13.6. The number of benzene rings is 1. The van der Waals surface area contributed by atoms with Crippen LogP contribution in [0, 0.1) is 11.8 Å². The van der Waals surface area contributed by atoms with Crippen molar-refractivity contribution < 1.29 is 4.79 Å². The van der Waals surface area contributed by atoms with E-state index in [-0.39, 0.29) is 18.5 Å². The Balaban J connectivity index is 1.59. The molecule has 1 aromatic heterocycles. The van der Waals surface area contributed by atoms with Crippen LogP contribution < -0.4 is 5.32 Å². The third-order valence-corrected chi connectivity index (χ3v) is 4.82. The second kappa shape index (κ2) is 6.89. The molecular formula is C17H23N5O. The molecule has 1 N–H and O–H groups in total. The monoisotopic (exact) mass is 313 g/mol. The predicted molar refractivity (Wildman–Crippen MR) is 87.4 cm³/mol. The number of nitrogens with zero attached hydrogens (tertiary/aromatic N) is 4. The third kappa shape index (κ3) is 3.75. The van der Waals surface area contributed by atoms with E-state index >= 15 is 0 Å². The molecule has 1 saturated carbocycles. The molecule has 0 saturated heterocycles. The van der Waals surface area contributed by atoms with E-state index in [1.165, 1.54) is 17.6 Å². The van der Waals surface area contributed by atoms with Gasteiger partial charge in [0.15, 0.2) is 0 Å². The van der Waals surface area contributed by atoms with Gasteiger partial charge in [-0.05, 0) is 23.5 Å². The molecule has 0 aliphatic heterocycles. The SMILES string of the molecule is C[C@H]1[C@H](C)CCC[C@H]1NC(=O)Cn1nnc(-c2ccccc2)n1. The van der Waals surface area contributed by atoms with Gasteiger partial charge in [0, 0.05) is 11.6 Å². The number of hydrogen-bond donors (Lipinski definition) is 1. The quantitative estimate of drug-likeness (QED) is 0.940. The maximum atomic E-state index is 12.2. The van der Waals surface area contributed by atoms with E-state index in [2.05, 4.69) is 34.6 Å². The van der Waals surface area contributed by atoms with Crippen LogP contribution in [0.3, 0.4) is 0 Å². The minimum atomic E-state index is -0.0482. The van der Waals surface area contributed by atoms with Gasteiger partial charge in [-0.1, -0.05) is 57.0 Å². The summed E-state index contributed by atoms with van der Waals surface area (Å²) in [5.41, 5.74) is 0.897. The highest BCUT2D eigenvalue weighted by atomic mass is 16.2. The highest BCUT2D eigenvalue weighted by Crippen LogP contribution is 2.29. The van der Waals surface area contributed by atoms with Gasteiger partial charge in [0.1, 0.15) is 6.54 Å². The lowest BCUT2D eigenvalue weighted by molar-refractivity contribution is -0.123. The number of tetrazole rings is 1. The van der Waals surface area contributed by atoms with Gasteiger partial charge in [-0.3, -0.25) is 4.79 Å². The molecule has 1 amide bonds. The lowest BCUT2D eigenvalue weighted by Gasteiger charge is -2.34. The second-order valence-corrected chi connectivity index (χ2v) is 6.45. The molecule has 3 atom stereocenters. The fourth-order valence-electron chi connectivity index (χ4n) is 3.18. The molecule has 0 bridgehead atoms. The number of rotatable bonds is 4. The molecule has 2 aromatic rings. The number of carbonyl (C=O) groups is 1. The fourth-order valence-corrected chi connectivity index (χ4v) is 3.18. The van der Waals surface area contributed by atoms with E-state index in [0.29, 0.717) is 17.7 Å². The van der Waals surface area contributed by atoms with Crippen LogP contribution in [0.5, 0.6) is 0 Å². The highest BCUT2D eigenvalue weighted by Gasteiger charge is 2.28. The van der Waals surface area contributed by atoms with Gasteiger partial charge >= 0.3 is 0 Å². The van der Waals surface area contributed by atoms with Crippen molar-refractivity contribution in [3.63, 3.8) is 0 Å². The van der Waals surface area contributed by atoms with Crippen molar-refractivity contribution in [3.8, 4) is 11.4 Å². The molecule has 1 aliphatic carbocycles. The van der Waals surface area contributed by atoms with E-state index in [9.17, 15) is 4.79 Å². The van der Waals surface area contributed by atoms with Gasteiger partial charge in [0.05, 0.1) is 0 Å². The molecule has 0 unspecified atom stereocenters. The first-order valence-corrected chi connectivity index (χ1v) is 8.26. The van der Waals surface area contributed by atoms with Crippen molar-refractivity contribution >= 4 is 5.91 Å². The number of nitrogens with one attached hydrogen (secondary N) is 1. The zero-order valence-corrected chi connectivity index (χ0v) is 13.6. The predicted octanol–water partition coefficient (Wildman–Crippen LogP) is 2.28. The van der Waals surface area contributed by atoms with Crippen LogP contribution in [-0.2, 0) is 11.3 Å². The Kier molecular flexibility index (Phi) is 4.69. The lowest BCUT2D eigenvalue weighted by Crippen LogP contribution is -2.45. The lowest BCUT2D eigenvalue weighted by atomic mass is 9.78. The molecule has 1 aliphatic rings. The molecular weight excluding hydrogens is 290 g/mol. The van der Waals surface area contributed by atoms with E-state index < -0.39 is 0 Å². The molecule has 23 heavy (non-hydrogen) atoms.